The van der Waals surface area contributed by atoms with Crippen molar-refractivity contribution in [3.05, 3.63) is 104 Å². The van der Waals surface area contributed by atoms with Crippen molar-refractivity contribution in [2.45, 2.75) is 113 Å². The first-order valence-electron chi connectivity index (χ1n) is 26.5. The van der Waals surface area contributed by atoms with Crippen LogP contribution < -0.4 is 20.7 Å². The van der Waals surface area contributed by atoms with Crippen LogP contribution in [0.5, 0.6) is 0 Å². The van der Waals surface area contributed by atoms with Crippen LogP contribution in [0.15, 0.2) is 66.7 Å². The highest BCUT2D eigenvalue weighted by molar-refractivity contribution is 7.88. The number of nitrogens with one attached hydrogen (secondary N) is 4. The number of hydrogen-bond acceptors (Lipinski definition) is 17. The standard InChI is InChI=1S/C31H32Cl2N4O9.C23H26Cl2N4O10S/c32-19-8-4-9-20(33)28(19)31(45)46-17-24(38)22(16-27(41)42)35-29(43)23-10-5-15-36-26(40)14-12-21(30(44)37(23)36)34-25(39)13-11-18-6-2-1-3-7-18;1-40(37,38)27-14-7-8-18(31)28-9-3-6-16(29(28)22(14)35)21(34)26-15(10-19(32)33)17(30)11-39-23(36)20-12(24)4-2-5-13(20)25/h1-4,6-9,21-23H,5,10-17H2,(H,34,39)(H,35,43)(H,41,42);2,4-5,14-16,27H,3,6-11H2,1H3,(H,26,34)(H,32,33)/t21-,22-,23-;14-,15-,16-/m00/s1. The number of carbonyl (C=O) groups excluding carboxylic acids is 11. The van der Waals surface area contributed by atoms with E-state index in [9.17, 15) is 81.0 Å². The van der Waals surface area contributed by atoms with Gasteiger partial charge in [-0.1, -0.05) is 88.9 Å². The number of hydrazine groups is 2. The van der Waals surface area contributed by atoms with Gasteiger partial charge in [-0.2, -0.15) is 0 Å². The molecule has 0 spiro atoms. The highest BCUT2D eigenvalue weighted by Crippen LogP contribution is 2.29. The molecule has 4 aliphatic rings. The molecular formula is C54H58Cl4N8O19S. The zero-order valence-electron chi connectivity index (χ0n) is 45.7. The highest BCUT2D eigenvalue weighted by atomic mass is 35.5. The molecule has 0 radical (unpaired) electrons. The number of esters is 2. The van der Waals surface area contributed by atoms with Crippen LogP contribution in [0.1, 0.15) is 96.9 Å². The summed E-state index contributed by atoms with van der Waals surface area (Å²) in [4.78, 5) is 166. The van der Waals surface area contributed by atoms with Crippen LogP contribution in [0.2, 0.25) is 20.1 Å². The van der Waals surface area contributed by atoms with Crippen molar-refractivity contribution >= 4 is 133 Å². The molecule has 0 aromatic heterocycles. The van der Waals surface area contributed by atoms with Gasteiger partial charge in [0.1, 0.15) is 36.3 Å². The lowest BCUT2D eigenvalue weighted by Crippen LogP contribution is -2.64. The number of aryl methyl sites for hydroxylation is 1. The van der Waals surface area contributed by atoms with Gasteiger partial charge in [0.15, 0.2) is 24.8 Å². The number of carbonyl (C=O) groups is 13. The first kappa shape index (κ1) is 67.4. The van der Waals surface area contributed by atoms with E-state index < -0.39 is 149 Å². The molecule has 6 N–H and O–H groups in total. The third-order valence-electron chi connectivity index (χ3n) is 13.7. The van der Waals surface area contributed by atoms with Gasteiger partial charge < -0.3 is 35.6 Å². The van der Waals surface area contributed by atoms with Crippen molar-refractivity contribution in [3.63, 3.8) is 0 Å². The van der Waals surface area contributed by atoms with Crippen LogP contribution in [-0.2, 0) is 78.7 Å². The Morgan fingerprint density at radius 2 is 1.00 bits per heavy atom. The Balaban J connectivity index is 0.000000278. The zero-order valence-corrected chi connectivity index (χ0v) is 49.5. The fourth-order valence-electron chi connectivity index (χ4n) is 9.60. The maximum Gasteiger partial charge on any atom is 0.341 e. The molecule has 462 valence electrons. The molecule has 7 amide bonds. The second-order valence-corrected chi connectivity index (χ2v) is 23.3. The Bertz CT molecular complexity index is 3250. The second-order valence-electron chi connectivity index (χ2n) is 19.9. The molecule has 32 heteroatoms. The SMILES string of the molecule is CS(=O)(=O)N[C@H]1CCC(=O)N2CCC[C@@H](C(=O)N[C@@H](CC(=O)O)C(=O)COC(=O)c3c(Cl)cccc3Cl)N2C1=O.O=C(O)C[C@H](NC(=O)[C@@H]1CCCN2C(=O)CC[C@H](NC(=O)CCc3ccccc3)C(=O)N12)C(=O)COC(=O)c1c(Cl)cccc1Cl. The average Bonchev–Trinajstić information content (AvgIpc) is 1.57. The number of halogens is 4. The molecule has 86 heavy (non-hydrogen) atoms. The van der Waals surface area contributed by atoms with Gasteiger partial charge in [-0.25, -0.2) is 32.7 Å². The Morgan fingerprint density at radius 3 is 1.41 bits per heavy atom. The molecule has 6 atom stereocenters. The van der Waals surface area contributed by atoms with Crippen molar-refractivity contribution in [1.29, 1.82) is 0 Å². The largest absolute Gasteiger partial charge is 0.481 e. The molecule has 0 bridgehead atoms. The fourth-order valence-corrected chi connectivity index (χ4v) is 11.4. The molecular weight excluding hydrogens is 1240 g/mol. The number of Topliss-reactive ketones (excluding diaryl/α,β-unsaturated/α-hetero) is 2. The minimum Gasteiger partial charge on any atom is -0.481 e. The molecule has 0 unspecified atom stereocenters. The van der Waals surface area contributed by atoms with E-state index in [4.69, 9.17) is 55.9 Å². The molecule has 3 aromatic rings. The maximum atomic E-state index is 13.7. The number of rotatable bonds is 22. The zero-order chi connectivity index (χ0) is 63.2. The Morgan fingerprint density at radius 1 is 0.593 bits per heavy atom. The Hall–Kier alpha value is -7.76. The molecule has 4 saturated heterocycles. The number of amides is 7. The van der Waals surface area contributed by atoms with Gasteiger partial charge in [0.05, 0.1) is 50.3 Å². The van der Waals surface area contributed by atoms with E-state index in [-0.39, 0.29) is 89.3 Å². The molecule has 4 aliphatic heterocycles. The number of aliphatic carboxylic acids is 2. The molecule has 4 heterocycles. The van der Waals surface area contributed by atoms with Crippen molar-refractivity contribution < 1.29 is 90.4 Å². The summed E-state index contributed by atoms with van der Waals surface area (Å²) in [5.74, 6) is -11.6. The normalized spacial score (nSPS) is 19.4. The third-order valence-corrected chi connectivity index (χ3v) is 15.7. The van der Waals surface area contributed by atoms with Crippen molar-refractivity contribution in [3.8, 4) is 0 Å². The first-order chi connectivity index (χ1) is 40.6. The predicted molar refractivity (Wildman–Crippen MR) is 302 cm³/mol. The maximum absolute atomic E-state index is 13.7. The minimum atomic E-state index is -3.84. The van der Waals surface area contributed by atoms with Crippen LogP contribution >= 0.6 is 46.4 Å². The molecule has 0 aliphatic carbocycles. The minimum absolute atomic E-state index is 0.0236. The van der Waals surface area contributed by atoms with Crippen LogP contribution in [0.25, 0.3) is 0 Å². The van der Waals surface area contributed by atoms with Crippen LogP contribution in [-0.4, -0.2) is 184 Å². The summed E-state index contributed by atoms with van der Waals surface area (Å²) in [6, 6.07) is 9.49. The smallest absolute Gasteiger partial charge is 0.341 e. The van der Waals surface area contributed by atoms with Gasteiger partial charge in [0.2, 0.25) is 39.6 Å². The molecule has 27 nitrogen and oxygen atoms in total. The summed E-state index contributed by atoms with van der Waals surface area (Å²) in [5.41, 5.74) is 0.541. The number of carboxylic acids is 2. The molecule has 3 aromatic carbocycles. The fraction of sp³-hybridized carbons (Fsp3) is 0.426. The number of ketones is 2. The van der Waals surface area contributed by atoms with Crippen molar-refractivity contribution in [2.75, 3.05) is 32.6 Å². The number of sulfonamides is 1. The van der Waals surface area contributed by atoms with Gasteiger partial charge >= 0.3 is 23.9 Å². The van der Waals surface area contributed by atoms with E-state index in [2.05, 4.69) is 20.7 Å². The van der Waals surface area contributed by atoms with Gasteiger partial charge in [-0.15, -0.1) is 0 Å². The lowest BCUT2D eigenvalue weighted by atomic mass is 10.0. The summed E-state index contributed by atoms with van der Waals surface area (Å²) in [6.07, 6.45) is 0.116. The number of fused-ring (bicyclic) bond motifs is 2. The average molecular weight is 1300 g/mol. The van der Waals surface area contributed by atoms with Gasteiger partial charge in [-0.3, -0.25) is 62.8 Å². The summed E-state index contributed by atoms with van der Waals surface area (Å²) >= 11 is 23.9. The summed E-state index contributed by atoms with van der Waals surface area (Å²) in [6.45, 7) is -1.59. The summed E-state index contributed by atoms with van der Waals surface area (Å²) < 4.78 is 35.7. The second kappa shape index (κ2) is 30.5. The Kier molecular flexibility index (Phi) is 23.9. The topological polar surface area (TPSA) is 376 Å². The van der Waals surface area contributed by atoms with Crippen LogP contribution in [0.4, 0.5) is 0 Å². The number of benzene rings is 3. The number of hydrogen-bond donors (Lipinski definition) is 6. The van der Waals surface area contributed by atoms with E-state index in [1.807, 2.05) is 30.3 Å². The first-order valence-corrected chi connectivity index (χ1v) is 29.9. The number of carboxylic acid groups (broad SMARTS) is 2. The van der Waals surface area contributed by atoms with E-state index in [1.165, 1.54) is 36.4 Å². The van der Waals surface area contributed by atoms with Gasteiger partial charge in [0, 0.05) is 32.4 Å². The lowest BCUT2D eigenvalue weighted by Gasteiger charge is -2.43. The number of ether oxygens (including phenoxy) is 2. The Labute approximate surface area is 511 Å². The molecule has 0 saturated carbocycles. The van der Waals surface area contributed by atoms with Crippen molar-refractivity contribution in [1.82, 2.24) is 40.7 Å². The highest BCUT2D eigenvalue weighted by Gasteiger charge is 2.47. The van der Waals surface area contributed by atoms with E-state index in [0.717, 1.165) is 31.9 Å². The van der Waals surface area contributed by atoms with E-state index in [0.29, 0.717) is 19.3 Å². The lowest BCUT2D eigenvalue weighted by molar-refractivity contribution is -0.176. The van der Waals surface area contributed by atoms with E-state index >= 15 is 0 Å². The summed E-state index contributed by atoms with van der Waals surface area (Å²) in [5, 5.41) is 30.0. The van der Waals surface area contributed by atoms with E-state index in [1.54, 1.807) is 0 Å². The van der Waals surface area contributed by atoms with Gasteiger partial charge in [0.25, 0.3) is 11.8 Å². The van der Waals surface area contributed by atoms with Crippen LogP contribution in [0, 0.1) is 0 Å². The number of nitrogens with zero attached hydrogens (tertiary/aromatic N) is 4. The molecule has 4 fully saturated rings. The van der Waals surface area contributed by atoms with Gasteiger partial charge in [-0.05, 0) is 74.8 Å². The quantitative estimate of drug-likeness (QED) is 0.0787. The van der Waals surface area contributed by atoms with Crippen LogP contribution in [0.3, 0.4) is 0 Å². The van der Waals surface area contributed by atoms with Crippen molar-refractivity contribution in [2.24, 2.45) is 0 Å². The molecule has 7 rings (SSSR count). The monoisotopic (exact) mass is 1290 g/mol. The predicted octanol–water partition coefficient (Wildman–Crippen LogP) is 2.45. The summed E-state index contributed by atoms with van der Waals surface area (Å²) in [7, 11) is -3.84. The third kappa shape index (κ3) is 18.1.